The van der Waals surface area contributed by atoms with Crippen LogP contribution in [0.2, 0.25) is 5.02 Å². The molecule has 1 saturated heterocycles. The molecule has 8 heteroatoms. The van der Waals surface area contributed by atoms with Crippen LogP contribution in [0, 0.1) is 17.2 Å². The summed E-state index contributed by atoms with van der Waals surface area (Å²) in [5.41, 5.74) is 3.52. The largest absolute Gasteiger partial charge is 0.368 e. The number of piperidine rings is 1. The predicted octanol–water partition coefficient (Wildman–Crippen LogP) is 3.84. The molecule has 0 unspecified atom stereocenters. The highest BCUT2D eigenvalue weighted by atomic mass is 35.5. The first-order valence-electron chi connectivity index (χ1n) is 10.4. The predicted molar refractivity (Wildman–Crippen MR) is 120 cm³/mol. The lowest BCUT2D eigenvalue weighted by molar-refractivity contribution is 0.389. The molecule has 0 aliphatic carbocycles. The minimum Gasteiger partial charge on any atom is -0.368 e. The van der Waals surface area contributed by atoms with Crippen molar-refractivity contribution in [3.05, 3.63) is 52.2 Å². The number of rotatable bonds is 7. The number of aryl methyl sites for hydroxylation is 1. The molecule has 1 aliphatic rings. The van der Waals surface area contributed by atoms with E-state index in [0.29, 0.717) is 34.7 Å². The second kappa shape index (κ2) is 9.33. The molecule has 7 nitrogen and oxygen atoms in total. The Morgan fingerprint density at radius 1 is 1.30 bits per heavy atom. The van der Waals surface area contributed by atoms with Crippen LogP contribution in [0.15, 0.2) is 30.5 Å². The maximum Gasteiger partial charge on any atom is 0.162 e. The summed E-state index contributed by atoms with van der Waals surface area (Å²) in [7, 11) is 0. The first-order chi connectivity index (χ1) is 14.7. The van der Waals surface area contributed by atoms with Gasteiger partial charge in [0.2, 0.25) is 0 Å². The van der Waals surface area contributed by atoms with Gasteiger partial charge in [0.05, 0.1) is 17.8 Å². The Hall–Kier alpha value is -2.82. The number of benzene rings is 1. The molecule has 3 N–H and O–H groups in total. The molecule has 0 amide bonds. The van der Waals surface area contributed by atoms with Gasteiger partial charge in [0.25, 0.3) is 0 Å². The second-order valence-electron chi connectivity index (χ2n) is 7.62. The summed E-state index contributed by atoms with van der Waals surface area (Å²) >= 11 is 6.77. The van der Waals surface area contributed by atoms with Crippen LogP contribution in [-0.2, 0) is 13.0 Å². The van der Waals surface area contributed by atoms with E-state index < -0.39 is 0 Å². The fraction of sp³-hybridized carbons (Fsp3) is 0.409. The molecule has 3 heterocycles. The zero-order chi connectivity index (χ0) is 20.9. The Balaban J connectivity index is 1.61. The lowest BCUT2D eigenvalue weighted by Gasteiger charge is -2.23. The summed E-state index contributed by atoms with van der Waals surface area (Å²) in [6, 6.07) is 9.71. The lowest BCUT2D eigenvalue weighted by atomic mass is 9.98. The van der Waals surface area contributed by atoms with Gasteiger partial charge in [0.15, 0.2) is 17.3 Å². The van der Waals surface area contributed by atoms with E-state index in [2.05, 4.69) is 34.0 Å². The number of fused-ring (bicyclic) bond motifs is 1. The smallest absolute Gasteiger partial charge is 0.162 e. The Labute approximate surface area is 181 Å². The van der Waals surface area contributed by atoms with Crippen molar-refractivity contribution in [1.82, 2.24) is 19.9 Å². The third-order valence-electron chi connectivity index (χ3n) is 5.58. The molecule has 3 aromatic rings. The molecular formula is C22H26ClN7. The molecule has 0 spiro atoms. The van der Waals surface area contributed by atoms with E-state index in [1.807, 2.05) is 24.4 Å². The highest BCUT2D eigenvalue weighted by Crippen LogP contribution is 2.31. The molecule has 156 valence electrons. The van der Waals surface area contributed by atoms with Crippen LogP contribution in [-0.4, -0.2) is 34.2 Å². The first kappa shape index (κ1) is 20.5. The summed E-state index contributed by atoms with van der Waals surface area (Å²) in [6.07, 6.45) is 4.99. The zero-order valence-corrected chi connectivity index (χ0v) is 17.8. The van der Waals surface area contributed by atoms with Crippen molar-refractivity contribution in [2.45, 2.75) is 32.7 Å². The van der Waals surface area contributed by atoms with Gasteiger partial charge in [-0.2, -0.15) is 14.9 Å². The van der Waals surface area contributed by atoms with E-state index in [1.54, 1.807) is 10.6 Å². The van der Waals surface area contributed by atoms with Crippen LogP contribution in [0.1, 0.15) is 36.5 Å². The van der Waals surface area contributed by atoms with E-state index in [1.165, 1.54) is 0 Å². The van der Waals surface area contributed by atoms with Crippen LogP contribution in [0.5, 0.6) is 0 Å². The fourth-order valence-electron chi connectivity index (χ4n) is 3.80. The number of nitrogens with one attached hydrogen (secondary N) is 3. The minimum absolute atomic E-state index is 0.527. The van der Waals surface area contributed by atoms with Crippen LogP contribution in [0.25, 0.3) is 5.65 Å². The minimum atomic E-state index is 0.527. The monoisotopic (exact) mass is 423 g/mol. The molecule has 4 rings (SSSR count). The number of hydrogen-bond donors (Lipinski definition) is 3. The van der Waals surface area contributed by atoms with Crippen molar-refractivity contribution in [2.24, 2.45) is 5.92 Å². The van der Waals surface area contributed by atoms with Crippen LogP contribution in [0.3, 0.4) is 0 Å². The van der Waals surface area contributed by atoms with Gasteiger partial charge >= 0.3 is 0 Å². The topological polar surface area (TPSA) is 90.1 Å². The molecule has 1 aromatic carbocycles. The Kier molecular flexibility index (Phi) is 6.36. The number of hydrogen-bond acceptors (Lipinski definition) is 6. The zero-order valence-electron chi connectivity index (χ0n) is 17.1. The molecule has 1 fully saturated rings. The van der Waals surface area contributed by atoms with E-state index in [4.69, 9.17) is 21.8 Å². The van der Waals surface area contributed by atoms with Gasteiger partial charge in [0, 0.05) is 18.7 Å². The van der Waals surface area contributed by atoms with Crippen molar-refractivity contribution in [3.8, 4) is 6.07 Å². The van der Waals surface area contributed by atoms with Crippen molar-refractivity contribution >= 4 is 28.9 Å². The van der Waals surface area contributed by atoms with Crippen molar-refractivity contribution < 1.29 is 0 Å². The number of nitrogens with zero attached hydrogens (tertiary/aromatic N) is 4. The quantitative estimate of drug-likeness (QED) is 0.535. The van der Waals surface area contributed by atoms with E-state index in [9.17, 15) is 0 Å². The maximum atomic E-state index is 9.14. The Morgan fingerprint density at radius 3 is 2.90 bits per heavy atom. The normalized spacial score (nSPS) is 14.6. The van der Waals surface area contributed by atoms with Crippen molar-refractivity contribution in [1.29, 1.82) is 5.26 Å². The van der Waals surface area contributed by atoms with E-state index >= 15 is 0 Å². The molecule has 0 radical (unpaired) electrons. The average Bonchev–Trinajstić information content (AvgIpc) is 3.20. The maximum absolute atomic E-state index is 9.14. The fourth-order valence-corrected chi connectivity index (χ4v) is 4.06. The molecule has 2 aromatic heterocycles. The van der Waals surface area contributed by atoms with E-state index in [-0.39, 0.29) is 0 Å². The summed E-state index contributed by atoms with van der Waals surface area (Å²) in [5, 5.41) is 24.5. The number of nitriles is 1. The SMILES string of the molecule is CCc1cnn2c(NCc3cccc(C#N)c3)c(Cl)c(NCC3CCNCC3)nc12. The average molecular weight is 424 g/mol. The number of halogens is 1. The summed E-state index contributed by atoms with van der Waals surface area (Å²) in [4.78, 5) is 4.79. The highest BCUT2D eigenvalue weighted by molar-refractivity contribution is 6.35. The third-order valence-corrected chi connectivity index (χ3v) is 5.93. The lowest BCUT2D eigenvalue weighted by Crippen LogP contribution is -2.31. The van der Waals surface area contributed by atoms with Gasteiger partial charge < -0.3 is 16.0 Å². The molecule has 0 bridgehead atoms. The number of aromatic nitrogens is 3. The Morgan fingerprint density at radius 2 is 2.13 bits per heavy atom. The third kappa shape index (κ3) is 4.35. The Bertz CT molecular complexity index is 1060. The van der Waals surface area contributed by atoms with Crippen molar-refractivity contribution in [2.75, 3.05) is 30.3 Å². The number of anilines is 2. The van der Waals surface area contributed by atoms with Gasteiger partial charge in [-0.1, -0.05) is 30.7 Å². The molecular weight excluding hydrogens is 398 g/mol. The van der Waals surface area contributed by atoms with Gasteiger partial charge in [-0.05, 0) is 56.0 Å². The van der Waals surface area contributed by atoms with Gasteiger partial charge in [0.1, 0.15) is 5.02 Å². The van der Waals surface area contributed by atoms with Gasteiger partial charge in [-0.25, -0.2) is 4.98 Å². The van der Waals surface area contributed by atoms with E-state index in [0.717, 1.165) is 55.7 Å². The van der Waals surface area contributed by atoms with Crippen molar-refractivity contribution in [3.63, 3.8) is 0 Å². The summed E-state index contributed by atoms with van der Waals surface area (Å²) in [6.45, 7) is 5.59. The molecule has 1 aliphatic heterocycles. The molecule has 0 saturated carbocycles. The highest BCUT2D eigenvalue weighted by Gasteiger charge is 2.19. The van der Waals surface area contributed by atoms with Gasteiger partial charge in [-0.3, -0.25) is 0 Å². The van der Waals surface area contributed by atoms with Gasteiger partial charge in [-0.15, -0.1) is 0 Å². The van der Waals surface area contributed by atoms with Crippen LogP contribution < -0.4 is 16.0 Å². The van der Waals surface area contributed by atoms with Crippen LogP contribution >= 0.6 is 11.6 Å². The molecule has 30 heavy (non-hydrogen) atoms. The second-order valence-corrected chi connectivity index (χ2v) is 8.00. The standard InChI is InChI=1S/C22H26ClN7/c1-2-18-14-28-30-21(18)29-20(26-12-15-6-8-25-9-7-15)19(23)22(30)27-13-17-5-3-4-16(10-17)11-24/h3-5,10,14-15,25,27H,2,6-9,12-13H2,1H3,(H,26,29). The van der Waals surface area contributed by atoms with Crippen LogP contribution in [0.4, 0.5) is 11.6 Å². The summed E-state index contributed by atoms with van der Waals surface area (Å²) in [5.74, 6) is 2.00. The molecule has 0 atom stereocenters. The first-order valence-corrected chi connectivity index (χ1v) is 10.8. The summed E-state index contributed by atoms with van der Waals surface area (Å²) < 4.78 is 1.77.